The number of halogens is 1. The molecule has 0 aliphatic heterocycles. The number of carbonyl (C=O) groups excluding carboxylic acids is 1. The van der Waals surface area contributed by atoms with Crippen molar-refractivity contribution in [3.8, 4) is 33.2 Å². The van der Waals surface area contributed by atoms with Crippen molar-refractivity contribution in [1.82, 2.24) is 30.1 Å². The van der Waals surface area contributed by atoms with Crippen molar-refractivity contribution >= 4 is 44.9 Å². The molecule has 3 N–H and O–H groups in total. The monoisotopic (exact) mass is 531 g/mol. The minimum Gasteiger partial charge on any atom is -0.353 e. The van der Waals surface area contributed by atoms with Crippen LogP contribution in [0, 0.1) is 5.13 Å². The predicted octanol–water partition coefficient (Wildman–Crippen LogP) is 6.68. The second-order valence-electron chi connectivity index (χ2n) is 8.85. The maximum absolute atomic E-state index is 13.7. The maximum atomic E-state index is 13.7. The lowest BCUT2D eigenvalue weighted by Gasteiger charge is -2.07. The highest BCUT2D eigenvalue weighted by Crippen LogP contribution is 2.35. The fraction of sp³-hybridized carbons (Fsp3) is 0. The largest absolute Gasteiger partial charge is 0.353 e. The molecule has 1 amide bonds. The fourth-order valence-corrected chi connectivity index (χ4v) is 5.25. The Morgan fingerprint density at radius 2 is 1.82 bits per heavy atom. The van der Waals surface area contributed by atoms with Gasteiger partial charge < -0.3 is 10.3 Å². The SMILES string of the molecule is O=C(Nc1cncc(-c2ccc3[nH]nc(-c4cc5c(-c6ccc(F)s6)nccc5[nH]4)c3n2)c1)c1ccccc1. The number of pyridine rings is 3. The summed E-state index contributed by atoms with van der Waals surface area (Å²) in [4.78, 5) is 30.4. The summed E-state index contributed by atoms with van der Waals surface area (Å²) in [6.07, 6.45) is 5.00. The van der Waals surface area contributed by atoms with E-state index in [1.807, 2.05) is 48.5 Å². The van der Waals surface area contributed by atoms with Crippen LogP contribution < -0.4 is 5.32 Å². The average Bonchev–Trinajstić information content (AvgIpc) is 3.71. The van der Waals surface area contributed by atoms with Crippen LogP contribution in [0.15, 0.2) is 91.4 Å². The normalized spacial score (nSPS) is 11.3. The number of hydrogen-bond acceptors (Lipinski definition) is 6. The molecule has 39 heavy (non-hydrogen) atoms. The van der Waals surface area contributed by atoms with E-state index >= 15 is 0 Å². The summed E-state index contributed by atoms with van der Waals surface area (Å²) < 4.78 is 13.7. The summed E-state index contributed by atoms with van der Waals surface area (Å²) in [5.74, 6) is -0.215. The van der Waals surface area contributed by atoms with Crippen LogP contribution in [0.2, 0.25) is 0 Å². The summed E-state index contributed by atoms with van der Waals surface area (Å²) >= 11 is 1.06. The third kappa shape index (κ3) is 4.22. The molecule has 1 aromatic carbocycles. The molecule has 0 fully saturated rings. The molecule has 6 aromatic heterocycles. The van der Waals surface area contributed by atoms with Crippen molar-refractivity contribution in [3.05, 3.63) is 102 Å². The van der Waals surface area contributed by atoms with Crippen LogP contribution >= 0.6 is 11.3 Å². The standard InChI is InChI=1S/C29H18FN7OS/c30-25-9-8-24(39-25)26-19-13-23(34-21(19)10-11-32-26)28-27-22(36-37-28)7-6-20(35-27)17-12-18(15-31-14-17)33-29(38)16-4-2-1-3-5-16/h1-15,34H,(H,33,38)(H,36,37). The summed E-state index contributed by atoms with van der Waals surface area (Å²) in [5.41, 5.74) is 6.98. The van der Waals surface area contributed by atoms with Gasteiger partial charge in [-0.05, 0) is 54.6 Å². The first kappa shape index (κ1) is 22.9. The van der Waals surface area contributed by atoms with Crippen LogP contribution in [0.25, 0.3) is 55.2 Å². The van der Waals surface area contributed by atoms with Gasteiger partial charge in [0.2, 0.25) is 0 Å². The lowest BCUT2D eigenvalue weighted by Crippen LogP contribution is -2.11. The molecule has 0 bridgehead atoms. The first-order valence-corrected chi connectivity index (χ1v) is 12.8. The van der Waals surface area contributed by atoms with Crippen LogP contribution in [-0.2, 0) is 0 Å². The van der Waals surface area contributed by atoms with E-state index in [-0.39, 0.29) is 11.0 Å². The Morgan fingerprint density at radius 1 is 0.923 bits per heavy atom. The highest BCUT2D eigenvalue weighted by Gasteiger charge is 2.17. The minimum atomic E-state index is -0.257. The number of anilines is 1. The Labute approximate surface area is 224 Å². The molecular formula is C29H18FN7OS. The van der Waals surface area contributed by atoms with Gasteiger partial charge in [0.05, 0.1) is 39.4 Å². The molecular weight excluding hydrogens is 513 g/mol. The molecule has 8 nitrogen and oxygen atoms in total. The maximum Gasteiger partial charge on any atom is 0.255 e. The van der Waals surface area contributed by atoms with Crippen molar-refractivity contribution in [2.24, 2.45) is 0 Å². The third-order valence-electron chi connectivity index (χ3n) is 6.35. The number of rotatable bonds is 5. The van der Waals surface area contributed by atoms with Crippen molar-refractivity contribution in [2.75, 3.05) is 5.32 Å². The topological polar surface area (TPSA) is 112 Å². The van der Waals surface area contributed by atoms with Crippen molar-refractivity contribution in [3.63, 3.8) is 0 Å². The first-order valence-electron chi connectivity index (χ1n) is 12.0. The second-order valence-corrected chi connectivity index (χ2v) is 9.89. The molecule has 0 aliphatic carbocycles. The number of carbonyl (C=O) groups is 1. The molecule has 0 radical (unpaired) electrons. The number of H-pyrrole nitrogens is 2. The second kappa shape index (κ2) is 9.26. The molecule has 0 saturated heterocycles. The lowest BCUT2D eigenvalue weighted by atomic mass is 10.1. The van der Waals surface area contributed by atoms with E-state index in [0.29, 0.717) is 33.8 Å². The van der Waals surface area contributed by atoms with E-state index in [1.165, 1.54) is 6.07 Å². The molecule has 0 atom stereocenters. The number of nitrogens with one attached hydrogen (secondary N) is 3. The van der Waals surface area contributed by atoms with Gasteiger partial charge in [0, 0.05) is 34.4 Å². The summed E-state index contributed by atoms with van der Waals surface area (Å²) in [5, 5.41) is 11.1. The van der Waals surface area contributed by atoms with Crippen LogP contribution in [-0.4, -0.2) is 36.0 Å². The number of nitrogens with zero attached hydrogens (tertiary/aromatic N) is 4. The summed E-state index contributed by atoms with van der Waals surface area (Å²) in [6, 6.07) is 21.6. The first-order chi connectivity index (χ1) is 19.1. The molecule has 0 unspecified atom stereocenters. The predicted molar refractivity (Wildman–Crippen MR) is 150 cm³/mol. The molecule has 7 aromatic rings. The Kier molecular flexibility index (Phi) is 5.45. The summed E-state index contributed by atoms with van der Waals surface area (Å²) in [6.45, 7) is 0. The Morgan fingerprint density at radius 3 is 2.67 bits per heavy atom. The lowest BCUT2D eigenvalue weighted by molar-refractivity contribution is 0.102. The molecule has 6 heterocycles. The molecule has 0 spiro atoms. The van der Waals surface area contributed by atoms with Gasteiger partial charge in [-0.15, -0.1) is 11.3 Å². The third-order valence-corrected chi connectivity index (χ3v) is 7.23. The molecule has 10 heteroatoms. The molecule has 0 aliphatic rings. The Bertz CT molecular complexity index is 1990. The van der Waals surface area contributed by atoms with Gasteiger partial charge in [-0.25, -0.2) is 4.98 Å². The molecule has 0 saturated carbocycles. The highest BCUT2D eigenvalue weighted by molar-refractivity contribution is 7.13. The molecule has 188 valence electrons. The fourth-order valence-electron chi connectivity index (χ4n) is 4.51. The number of aromatic nitrogens is 6. The van der Waals surface area contributed by atoms with E-state index in [1.54, 1.807) is 36.8 Å². The molecule has 7 rings (SSSR count). The Hall–Kier alpha value is -5.22. The van der Waals surface area contributed by atoms with Gasteiger partial charge in [0.1, 0.15) is 11.2 Å². The van der Waals surface area contributed by atoms with Gasteiger partial charge in [-0.2, -0.15) is 9.49 Å². The van der Waals surface area contributed by atoms with Gasteiger partial charge in [0.25, 0.3) is 5.91 Å². The van der Waals surface area contributed by atoms with Gasteiger partial charge in [-0.1, -0.05) is 18.2 Å². The number of fused-ring (bicyclic) bond motifs is 2. The van der Waals surface area contributed by atoms with Crippen molar-refractivity contribution in [1.29, 1.82) is 0 Å². The quantitative estimate of drug-likeness (QED) is 0.229. The number of amides is 1. The zero-order chi connectivity index (χ0) is 26.3. The van der Waals surface area contributed by atoms with Gasteiger partial charge >= 0.3 is 0 Å². The van der Waals surface area contributed by atoms with Gasteiger partial charge in [-0.3, -0.25) is 19.9 Å². The van der Waals surface area contributed by atoms with Crippen LogP contribution in [0.3, 0.4) is 0 Å². The van der Waals surface area contributed by atoms with E-state index in [9.17, 15) is 9.18 Å². The number of benzene rings is 1. The average molecular weight is 532 g/mol. The van der Waals surface area contributed by atoms with Gasteiger partial charge in [0.15, 0.2) is 5.13 Å². The van der Waals surface area contributed by atoms with Crippen LogP contribution in [0.5, 0.6) is 0 Å². The number of thiophene rings is 1. The van der Waals surface area contributed by atoms with E-state index in [2.05, 4.69) is 30.5 Å². The van der Waals surface area contributed by atoms with E-state index < -0.39 is 0 Å². The zero-order valence-electron chi connectivity index (χ0n) is 20.1. The van der Waals surface area contributed by atoms with Crippen molar-refractivity contribution < 1.29 is 9.18 Å². The number of hydrogen-bond donors (Lipinski definition) is 3. The van der Waals surface area contributed by atoms with E-state index in [0.717, 1.165) is 43.9 Å². The zero-order valence-corrected chi connectivity index (χ0v) is 21.0. The number of aromatic amines is 2. The van der Waals surface area contributed by atoms with Crippen molar-refractivity contribution in [2.45, 2.75) is 0 Å². The van der Waals surface area contributed by atoms with Crippen LogP contribution in [0.1, 0.15) is 10.4 Å². The van der Waals surface area contributed by atoms with Crippen LogP contribution in [0.4, 0.5) is 10.1 Å². The summed E-state index contributed by atoms with van der Waals surface area (Å²) in [7, 11) is 0. The van der Waals surface area contributed by atoms with E-state index in [4.69, 9.17) is 4.98 Å². The Balaban J connectivity index is 1.25. The smallest absolute Gasteiger partial charge is 0.255 e. The minimum absolute atomic E-state index is 0.215. The highest BCUT2D eigenvalue weighted by atomic mass is 32.1.